The van der Waals surface area contributed by atoms with Crippen LogP contribution in [0.3, 0.4) is 0 Å². The van der Waals surface area contributed by atoms with Crippen molar-refractivity contribution in [2.45, 2.75) is 42.8 Å². The van der Waals surface area contributed by atoms with E-state index in [-0.39, 0.29) is 17.2 Å². The number of hydrogen-bond acceptors (Lipinski definition) is 6. The summed E-state index contributed by atoms with van der Waals surface area (Å²) in [6.45, 7) is 0. The third kappa shape index (κ3) is 3.32. The lowest BCUT2D eigenvalue weighted by atomic mass is 9.83. The molecule has 1 aliphatic carbocycles. The van der Waals surface area contributed by atoms with Crippen molar-refractivity contribution in [2.75, 3.05) is 5.75 Å². The van der Waals surface area contributed by atoms with Gasteiger partial charge in [-0.1, -0.05) is 31.0 Å². The fourth-order valence-electron chi connectivity index (χ4n) is 2.95. The van der Waals surface area contributed by atoms with Crippen molar-refractivity contribution in [3.8, 4) is 6.07 Å². The molecule has 1 aliphatic rings. The summed E-state index contributed by atoms with van der Waals surface area (Å²) in [4.78, 5) is 29.0. The van der Waals surface area contributed by atoms with Crippen LogP contribution in [0.1, 0.15) is 32.1 Å². The third-order valence-electron chi connectivity index (χ3n) is 4.28. The first-order valence-corrected chi connectivity index (χ1v) is 9.70. The Morgan fingerprint density at radius 2 is 2.25 bits per heavy atom. The zero-order valence-corrected chi connectivity index (χ0v) is 15.0. The molecule has 0 aliphatic heterocycles. The van der Waals surface area contributed by atoms with Gasteiger partial charge in [0.1, 0.15) is 10.2 Å². The fourth-order valence-corrected chi connectivity index (χ4v) is 4.53. The molecule has 0 atom stereocenters. The Morgan fingerprint density at radius 3 is 2.96 bits per heavy atom. The molecule has 0 spiro atoms. The number of fused-ring (bicyclic) bond motifs is 1. The monoisotopic (exact) mass is 362 g/mol. The summed E-state index contributed by atoms with van der Waals surface area (Å²) in [5.41, 5.74) is -0.169. The van der Waals surface area contributed by atoms with Gasteiger partial charge in [-0.05, 0) is 24.3 Å². The number of amides is 1. The van der Waals surface area contributed by atoms with Gasteiger partial charge in [0, 0.05) is 7.05 Å². The highest BCUT2D eigenvalue weighted by molar-refractivity contribution is 7.99. The number of thioether (sulfide) groups is 1. The highest BCUT2D eigenvalue weighted by Crippen LogP contribution is 2.28. The Balaban J connectivity index is 1.69. The lowest BCUT2D eigenvalue weighted by Gasteiger charge is -2.31. The summed E-state index contributed by atoms with van der Waals surface area (Å²) >= 11 is 2.59. The minimum atomic E-state index is -0.730. The van der Waals surface area contributed by atoms with Crippen molar-refractivity contribution in [1.29, 1.82) is 5.26 Å². The number of thiophene rings is 1. The number of nitriles is 1. The molecule has 0 saturated heterocycles. The van der Waals surface area contributed by atoms with Crippen molar-refractivity contribution >= 4 is 39.2 Å². The third-order valence-corrected chi connectivity index (χ3v) is 6.20. The van der Waals surface area contributed by atoms with Crippen molar-refractivity contribution in [1.82, 2.24) is 14.9 Å². The number of rotatable bonds is 4. The maximum absolute atomic E-state index is 12.3. The van der Waals surface area contributed by atoms with Gasteiger partial charge in [-0.25, -0.2) is 4.98 Å². The Labute approximate surface area is 147 Å². The maximum atomic E-state index is 12.3. The Morgan fingerprint density at radius 1 is 1.50 bits per heavy atom. The second kappa shape index (κ2) is 6.95. The van der Waals surface area contributed by atoms with Crippen LogP contribution < -0.4 is 10.9 Å². The van der Waals surface area contributed by atoms with Gasteiger partial charge >= 0.3 is 0 Å². The average Bonchev–Trinajstić information content (AvgIpc) is 3.06. The van der Waals surface area contributed by atoms with Crippen molar-refractivity contribution in [3.63, 3.8) is 0 Å². The molecule has 0 unspecified atom stereocenters. The summed E-state index contributed by atoms with van der Waals surface area (Å²) in [6.07, 6.45) is 4.45. The summed E-state index contributed by atoms with van der Waals surface area (Å²) in [5, 5.41) is 14.7. The Bertz CT molecular complexity index is 859. The smallest absolute Gasteiger partial charge is 0.271 e. The number of nitrogens with zero attached hydrogens (tertiary/aromatic N) is 3. The van der Waals surface area contributed by atoms with Crippen LogP contribution in [-0.2, 0) is 11.8 Å². The zero-order valence-electron chi connectivity index (χ0n) is 13.4. The molecule has 1 saturated carbocycles. The van der Waals surface area contributed by atoms with Gasteiger partial charge in [-0.2, -0.15) is 5.26 Å². The summed E-state index contributed by atoms with van der Waals surface area (Å²) < 4.78 is 2.09. The molecule has 6 nitrogen and oxygen atoms in total. The number of aromatic nitrogens is 2. The largest absolute Gasteiger partial charge is 0.337 e. The Hall–Kier alpha value is -1.85. The fraction of sp³-hybridized carbons (Fsp3) is 0.500. The molecule has 24 heavy (non-hydrogen) atoms. The van der Waals surface area contributed by atoms with E-state index in [4.69, 9.17) is 0 Å². The SMILES string of the molecule is Cn1c(SCC(=O)NC2(C#N)CCCCC2)nc2ccsc2c1=O. The molecule has 2 aromatic rings. The first kappa shape index (κ1) is 17.0. The number of hydrogen-bond donors (Lipinski definition) is 1. The van der Waals surface area contributed by atoms with Crippen LogP contribution >= 0.6 is 23.1 Å². The molecule has 2 heterocycles. The highest BCUT2D eigenvalue weighted by atomic mass is 32.2. The average molecular weight is 362 g/mol. The van der Waals surface area contributed by atoms with Gasteiger partial charge in [0.25, 0.3) is 5.56 Å². The molecular formula is C16H18N4O2S2. The molecule has 1 amide bonds. The van der Waals surface area contributed by atoms with Gasteiger partial charge in [0.15, 0.2) is 5.16 Å². The van der Waals surface area contributed by atoms with E-state index in [9.17, 15) is 14.9 Å². The minimum Gasteiger partial charge on any atom is -0.337 e. The van der Waals surface area contributed by atoms with E-state index in [1.165, 1.54) is 27.7 Å². The predicted octanol–water partition coefficient (Wildman–Crippen LogP) is 2.43. The van der Waals surface area contributed by atoms with Crippen LogP contribution in [0.2, 0.25) is 0 Å². The van der Waals surface area contributed by atoms with Gasteiger partial charge in [0.2, 0.25) is 5.91 Å². The molecule has 1 fully saturated rings. The van der Waals surface area contributed by atoms with Crippen molar-refractivity contribution < 1.29 is 4.79 Å². The quantitative estimate of drug-likeness (QED) is 0.667. The number of nitrogens with one attached hydrogen (secondary N) is 1. The van der Waals surface area contributed by atoms with E-state index >= 15 is 0 Å². The minimum absolute atomic E-state index is 0.0984. The molecule has 3 rings (SSSR count). The van der Waals surface area contributed by atoms with E-state index in [1.807, 2.05) is 5.38 Å². The Kier molecular flexibility index (Phi) is 4.92. The number of carbonyl (C=O) groups excluding carboxylic acids is 1. The molecule has 1 N–H and O–H groups in total. The molecular weight excluding hydrogens is 344 g/mol. The van der Waals surface area contributed by atoms with Crippen molar-refractivity contribution in [3.05, 3.63) is 21.8 Å². The van der Waals surface area contributed by atoms with E-state index in [0.29, 0.717) is 28.2 Å². The van der Waals surface area contributed by atoms with E-state index in [2.05, 4.69) is 16.4 Å². The first-order valence-electron chi connectivity index (χ1n) is 7.84. The molecule has 2 aromatic heterocycles. The topological polar surface area (TPSA) is 87.8 Å². The van der Waals surface area contributed by atoms with Crippen molar-refractivity contribution in [2.24, 2.45) is 7.05 Å². The molecule has 8 heteroatoms. The second-order valence-electron chi connectivity index (χ2n) is 5.98. The van der Waals surface area contributed by atoms with Crippen LogP contribution in [0.15, 0.2) is 21.4 Å². The molecule has 0 bridgehead atoms. The van der Waals surface area contributed by atoms with Crippen LogP contribution in [0.4, 0.5) is 0 Å². The second-order valence-corrected chi connectivity index (χ2v) is 7.84. The standard InChI is InChI=1S/C16H18N4O2S2/c1-20-14(22)13-11(5-8-23-13)18-15(20)24-9-12(21)19-16(10-17)6-3-2-4-7-16/h5,8H,2-4,6-7,9H2,1H3,(H,19,21). The highest BCUT2D eigenvalue weighted by Gasteiger charge is 2.33. The van der Waals surface area contributed by atoms with Gasteiger partial charge in [0.05, 0.1) is 17.3 Å². The normalized spacial score (nSPS) is 16.7. The maximum Gasteiger partial charge on any atom is 0.271 e. The summed E-state index contributed by atoms with van der Waals surface area (Å²) in [7, 11) is 1.66. The van der Waals surface area contributed by atoms with Gasteiger partial charge in [-0.15, -0.1) is 11.3 Å². The summed E-state index contributed by atoms with van der Waals surface area (Å²) in [6, 6.07) is 4.08. The molecule has 0 aromatic carbocycles. The van der Waals surface area contributed by atoms with E-state index in [0.717, 1.165) is 19.3 Å². The van der Waals surface area contributed by atoms with Gasteiger partial charge in [-0.3, -0.25) is 14.2 Å². The van der Waals surface area contributed by atoms with Crippen LogP contribution in [-0.4, -0.2) is 26.8 Å². The van der Waals surface area contributed by atoms with Crippen LogP contribution in [0.5, 0.6) is 0 Å². The molecule has 126 valence electrons. The lowest BCUT2D eigenvalue weighted by Crippen LogP contribution is -2.49. The van der Waals surface area contributed by atoms with E-state index < -0.39 is 5.54 Å². The molecule has 0 radical (unpaired) electrons. The van der Waals surface area contributed by atoms with Crippen LogP contribution in [0, 0.1) is 11.3 Å². The summed E-state index contributed by atoms with van der Waals surface area (Å²) in [5.74, 6) is -0.0533. The first-order chi connectivity index (χ1) is 11.5. The lowest BCUT2D eigenvalue weighted by molar-refractivity contribution is -0.120. The predicted molar refractivity (Wildman–Crippen MR) is 95.2 cm³/mol. The number of carbonyl (C=O) groups is 1. The zero-order chi connectivity index (χ0) is 17.2. The van der Waals surface area contributed by atoms with E-state index in [1.54, 1.807) is 13.1 Å². The van der Waals surface area contributed by atoms with Gasteiger partial charge < -0.3 is 5.32 Å². The van der Waals surface area contributed by atoms with Crippen LogP contribution in [0.25, 0.3) is 10.2 Å².